The highest BCUT2D eigenvalue weighted by molar-refractivity contribution is 7.91. The molecule has 0 saturated carbocycles. The van der Waals surface area contributed by atoms with Gasteiger partial charge in [-0.3, -0.25) is 0 Å². The third-order valence-electron chi connectivity index (χ3n) is 3.51. The SMILES string of the molecule is CCCNCC(CCS(=O)(=O)C(C)C)C(C)(C)C. The molecule has 0 heterocycles. The largest absolute Gasteiger partial charge is 0.316 e. The second-order valence-electron chi connectivity index (χ2n) is 6.47. The Bertz CT molecular complexity index is 315. The highest BCUT2D eigenvalue weighted by Gasteiger charge is 2.26. The van der Waals surface area contributed by atoms with E-state index in [4.69, 9.17) is 0 Å². The van der Waals surface area contributed by atoms with Gasteiger partial charge in [-0.1, -0.05) is 27.7 Å². The summed E-state index contributed by atoms with van der Waals surface area (Å²) in [4.78, 5) is 0. The molecule has 0 aliphatic heterocycles. The van der Waals surface area contributed by atoms with Crippen LogP contribution in [0.2, 0.25) is 0 Å². The standard InChI is InChI=1S/C14H31NO2S/c1-7-9-15-11-13(14(4,5)6)8-10-18(16,17)12(2)3/h12-13,15H,7-11H2,1-6H3. The summed E-state index contributed by atoms with van der Waals surface area (Å²) < 4.78 is 23.7. The molecular weight excluding hydrogens is 246 g/mol. The fraction of sp³-hybridized carbons (Fsp3) is 1.00. The van der Waals surface area contributed by atoms with Crippen molar-refractivity contribution in [3.8, 4) is 0 Å². The molecule has 0 amide bonds. The average molecular weight is 277 g/mol. The van der Waals surface area contributed by atoms with E-state index in [1.54, 1.807) is 13.8 Å². The van der Waals surface area contributed by atoms with Crippen molar-refractivity contribution in [2.75, 3.05) is 18.8 Å². The van der Waals surface area contributed by atoms with Crippen molar-refractivity contribution >= 4 is 9.84 Å². The van der Waals surface area contributed by atoms with Gasteiger partial charge in [0, 0.05) is 0 Å². The molecule has 0 aromatic heterocycles. The molecule has 1 unspecified atom stereocenters. The zero-order valence-corrected chi connectivity index (χ0v) is 13.7. The van der Waals surface area contributed by atoms with E-state index in [1.807, 2.05) is 0 Å². The van der Waals surface area contributed by atoms with Crippen molar-refractivity contribution in [1.82, 2.24) is 5.32 Å². The predicted molar refractivity (Wildman–Crippen MR) is 79.6 cm³/mol. The molecule has 0 aromatic carbocycles. The third-order valence-corrected chi connectivity index (χ3v) is 5.75. The van der Waals surface area contributed by atoms with Gasteiger partial charge in [-0.2, -0.15) is 0 Å². The summed E-state index contributed by atoms with van der Waals surface area (Å²) >= 11 is 0. The number of rotatable bonds is 8. The number of hydrogen-bond acceptors (Lipinski definition) is 3. The van der Waals surface area contributed by atoms with Gasteiger partial charge in [0.25, 0.3) is 0 Å². The predicted octanol–water partition coefficient (Wildman–Crippen LogP) is 2.86. The molecule has 1 N–H and O–H groups in total. The van der Waals surface area contributed by atoms with E-state index in [2.05, 4.69) is 33.0 Å². The van der Waals surface area contributed by atoms with Gasteiger partial charge in [-0.15, -0.1) is 0 Å². The lowest BCUT2D eigenvalue weighted by Crippen LogP contribution is -2.34. The molecule has 110 valence electrons. The maximum Gasteiger partial charge on any atom is 0.152 e. The van der Waals surface area contributed by atoms with Gasteiger partial charge in [-0.25, -0.2) is 8.42 Å². The smallest absolute Gasteiger partial charge is 0.152 e. The van der Waals surface area contributed by atoms with Gasteiger partial charge in [0.05, 0.1) is 11.0 Å². The maximum atomic E-state index is 11.9. The number of hydrogen-bond donors (Lipinski definition) is 1. The van der Waals surface area contributed by atoms with Crippen LogP contribution in [0.25, 0.3) is 0 Å². The minimum atomic E-state index is -2.91. The first kappa shape index (κ1) is 17.9. The van der Waals surface area contributed by atoms with E-state index in [-0.39, 0.29) is 10.7 Å². The van der Waals surface area contributed by atoms with E-state index in [1.165, 1.54) is 0 Å². The van der Waals surface area contributed by atoms with Gasteiger partial charge in [0.2, 0.25) is 0 Å². The lowest BCUT2D eigenvalue weighted by atomic mass is 9.79. The minimum Gasteiger partial charge on any atom is -0.316 e. The Morgan fingerprint density at radius 3 is 2.11 bits per heavy atom. The van der Waals surface area contributed by atoms with E-state index in [9.17, 15) is 8.42 Å². The second kappa shape index (κ2) is 7.49. The molecule has 4 heteroatoms. The van der Waals surface area contributed by atoms with Crippen LogP contribution >= 0.6 is 0 Å². The zero-order valence-electron chi connectivity index (χ0n) is 12.9. The van der Waals surface area contributed by atoms with Crippen LogP contribution in [0.15, 0.2) is 0 Å². The monoisotopic (exact) mass is 277 g/mol. The van der Waals surface area contributed by atoms with Crippen LogP contribution in [0, 0.1) is 11.3 Å². The molecule has 0 spiro atoms. The first-order valence-corrected chi connectivity index (χ1v) is 8.75. The summed E-state index contributed by atoms with van der Waals surface area (Å²) in [6.07, 6.45) is 1.86. The Balaban J connectivity index is 4.44. The lowest BCUT2D eigenvalue weighted by molar-refractivity contribution is 0.226. The fourth-order valence-corrected chi connectivity index (χ4v) is 2.92. The van der Waals surface area contributed by atoms with Crippen molar-refractivity contribution in [1.29, 1.82) is 0 Å². The van der Waals surface area contributed by atoms with Crippen molar-refractivity contribution < 1.29 is 8.42 Å². The Morgan fingerprint density at radius 2 is 1.72 bits per heavy atom. The van der Waals surface area contributed by atoms with Gasteiger partial charge in [0.15, 0.2) is 9.84 Å². The van der Waals surface area contributed by atoms with Gasteiger partial charge < -0.3 is 5.32 Å². The summed E-state index contributed by atoms with van der Waals surface area (Å²) in [6, 6.07) is 0. The molecule has 0 aliphatic carbocycles. The Labute approximate surface area is 114 Å². The van der Waals surface area contributed by atoms with Crippen LogP contribution in [-0.2, 0) is 9.84 Å². The van der Waals surface area contributed by atoms with Crippen molar-refractivity contribution in [3.63, 3.8) is 0 Å². The van der Waals surface area contributed by atoms with Crippen molar-refractivity contribution in [2.45, 2.75) is 59.6 Å². The van der Waals surface area contributed by atoms with Crippen LogP contribution in [0.4, 0.5) is 0 Å². The first-order valence-electron chi connectivity index (χ1n) is 7.03. The first-order chi connectivity index (χ1) is 8.11. The van der Waals surface area contributed by atoms with Crippen molar-refractivity contribution in [2.24, 2.45) is 11.3 Å². The topological polar surface area (TPSA) is 46.2 Å². The van der Waals surface area contributed by atoms with Crippen LogP contribution in [-0.4, -0.2) is 32.5 Å². The summed E-state index contributed by atoms with van der Waals surface area (Å²) in [5.41, 5.74) is 0.146. The lowest BCUT2D eigenvalue weighted by Gasteiger charge is -2.31. The quantitative estimate of drug-likeness (QED) is 0.694. The Kier molecular flexibility index (Phi) is 7.45. The van der Waals surface area contributed by atoms with Gasteiger partial charge >= 0.3 is 0 Å². The molecule has 0 radical (unpaired) electrons. The molecular formula is C14H31NO2S. The highest BCUT2D eigenvalue weighted by Crippen LogP contribution is 2.29. The second-order valence-corrected chi connectivity index (χ2v) is 9.15. The summed E-state index contributed by atoms with van der Waals surface area (Å²) in [6.45, 7) is 14.1. The average Bonchev–Trinajstić information content (AvgIpc) is 2.21. The highest BCUT2D eigenvalue weighted by atomic mass is 32.2. The van der Waals surface area contributed by atoms with E-state index in [0.717, 1.165) is 25.9 Å². The fourth-order valence-electron chi connectivity index (χ4n) is 1.84. The summed E-state index contributed by atoms with van der Waals surface area (Å²) in [5.74, 6) is 0.706. The number of sulfone groups is 1. The van der Waals surface area contributed by atoms with E-state index in [0.29, 0.717) is 11.7 Å². The van der Waals surface area contributed by atoms with E-state index >= 15 is 0 Å². The third kappa shape index (κ3) is 6.74. The molecule has 0 aromatic rings. The molecule has 0 bridgehead atoms. The van der Waals surface area contributed by atoms with Gasteiger partial charge in [0.1, 0.15) is 0 Å². The minimum absolute atomic E-state index is 0.146. The number of nitrogens with one attached hydrogen (secondary N) is 1. The normalized spacial score (nSPS) is 15.1. The van der Waals surface area contributed by atoms with Crippen LogP contribution in [0.3, 0.4) is 0 Å². The van der Waals surface area contributed by atoms with Crippen LogP contribution < -0.4 is 5.32 Å². The maximum absolute atomic E-state index is 11.9. The molecule has 0 aliphatic rings. The molecule has 1 atom stereocenters. The van der Waals surface area contributed by atoms with Crippen LogP contribution in [0.1, 0.15) is 54.4 Å². The zero-order chi connectivity index (χ0) is 14.4. The summed E-state index contributed by atoms with van der Waals surface area (Å²) in [7, 11) is -2.91. The van der Waals surface area contributed by atoms with Gasteiger partial charge in [-0.05, 0) is 51.1 Å². The van der Waals surface area contributed by atoms with Crippen molar-refractivity contribution in [3.05, 3.63) is 0 Å². The Hall–Kier alpha value is -0.0900. The molecule has 0 fully saturated rings. The van der Waals surface area contributed by atoms with E-state index < -0.39 is 9.84 Å². The molecule has 0 saturated heterocycles. The van der Waals surface area contributed by atoms with Crippen LogP contribution in [0.5, 0.6) is 0 Å². The molecule has 18 heavy (non-hydrogen) atoms. The molecule has 3 nitrogen and oxygen atoms in total. The summed E-state index contributed by atoms with van der Waals surface area (Å²) in [5, 5.41) is 3.15. The molecule has 0 rings (SSSR count). The Morgan fingerprint density at radius 1 is 1.17 bits per heavy atom.